The fraction of sp³-hybridized carbons (Fsp3) is 0.500. The zero-order valence-corrected chi connectivity index (χ0v) is 10.1. The van der Waals surface area contributed by atoms with Crippen LogP contribution in [-0.4, -0.2) is 50.7 Å². The van der Waals surface area contributed by atoms with Crippen LogP contribution in [0.5, 0.6) is 0 Å². The van der Waals surface area contributed by atoms with Crippen molar-refractivity contribution in [2.45, 2.75) is 12.5 Å². The first-order chi connectivity index (χ1) is 9.33. The van der Waals surface area contributed by atoms with Gasteiger partial charge in [-0.3, -0.25) is 4.79 Å². The fourth-order valence-corrected chi connectivity index (χ4v) is 1.70. The molecule has 0 bridgehead atoms. The Bertz CT molecular complexity index is 546. The largest absolute Gasteiger partial charge is 0.350 e. The molecule has 1 saturated heterocycles. The first-order valence-electron chi connectivity index (χ1n) is 5.99. The summed E-state index contributed by atoms with van der Waals surface area (Å²) in [5.41, 5.74) is 0.319. The molecule has 0 spiro atoms. The summed E-state index contributed by atoms with van der Waals surface area (Å²) in [7, 11) is 0. The average molecular weight is 263 g/mol. The first kappa shape index (κ1) is 11.8. The Morgan fingerprint density at radius 3 is 3.16 bits per heavy atom. The lowest BCUT2D eigenvalue weighted by molar-refractivity contribution is 0.0949. The highest BCUT2D eigenvalue weighted by molar-refractivity contribution is 5.91. The fourth-order valence-electron chi connectivity index (χ4n) is 1.70. The number of aromatic nitrogens is 5. The predicted molar refractivity (Wildman–Crippen MR) is 62.3 cm³/mol. The van der Waals surface area contributed by atoms with E-state index in [2.05, 4.69) is 35.6 Å². The molecular formula is C10H13N7O2. The number of carbonyl (C=O) groups excluding carboxylic acids is 1. The van der Waals surface area contributed by atoms with E-state index >= 15 is 0 Å². The lowest BCUT2D eigenvalue weighted by atomic mass is 10.2. The van der Waals surface area contributed by atoms with E-state index < -0.39 is 0 Å². The molecule has 1 aliphatic rings. The predicted octanol–water partition coefficient (Wildman–Crippen LogP) is -1.22. The minimum Gasteiger partial charge on any atom is -0.350 e. The molecule has 100 valence electrons. The van der Waals surface area contributed by atoms with Gasteiger partial charge in [-0.05, 0) is 0 Å². The number of hydrogen-bond donors (Lipinski definition) is 2. The third kappa shape index (κ3) is 2.60. The van der Waals surface area contributed by atoms with Crippen LogP contribution >= 0.6 is 0 Å². The Balaban J connectivity index is 1.50. The van der Waals surface area contributed by atoms with Crippen molar-refractivity contribution in [3.8, 4) is 0 Å². The van der Waals surface area contributed by atoms with Crippen LogP contribution in [0.25, 0.3) is 0 Å². The third-order valence-electron chi connectivity index (χ3n) is 2.92. The van der Waals surface area contributed by atoms with E-state index in [0.29, 0.717) is 30.5 Å². The summed E-state index contributed by atoms with van der Waals surface area (Å²) >= 11 is 0. The van der Waals surface area contributed by atoms with Crippen molar-refractivity contribution >= 4 is 5.91 Å². The maximum absolute atomic E-state index is 11.8. The molecule has 0 atom stereocenters. The minimum absolute atomic E-state index is 0.248. The Morgan fingerprint density at radius 2 is 2.47 bits per heavy atom. The Kier molecular flexibility index (Phi) is 3.19. The molecular weight excluding hydrogens is 250 g/mol. The summed E-state index contributed by atoms with van der Waals surface area (Å²) in [5.74, 6) is 0.312. The lowest BCUT2D eigenvalue weighted by Gasteiger charge is -2.26. The second kappa shape index (κ2) is 5.14. The molecule has 9 heteroatoms. The van der Waals surface area contributed by atoms with Gasteiger partial charge in [-0.1, -0.05) is 10.4 Å². The zero-order valence-electron chi connectivity index (χ0n) is 10.1. The van der Waals surface area contributed by atoms with Gasteiger partial charge in [0.1, 0.15) is 0 Å². The molecule has 19 heavy (non-hydrogen) atoms. The Morgan fingerprint density at radius 1 is 1.58 bits per heavy atom. The molecule has 9 nitrogen and oxygen atoms in total. The van der Waals surface area contributed by atoms with Crippen LogP contribution < -0.4 is 10.6 Å². The lowest BCUT2D eigenvalue weighted by Crippen LogP contribution is -2.43. The molecule has 0 aliphatic carbocycles. The monoisotopic (exact) mass is 263 g/mol. The van der Waals surface area contributed by atoms with Gasteiger partial charge in [0.15, 0.2) is 11.5 Å². The first-order valence-corrected chi connectivity index (χ1v) is 5.99. The van der Waals surface area contributed by atoms with Gasteiger partial charge in [0.25, 0.3) is 5.91 Å². The SMILES string of the molecule is O=C(NCCc1ncon1)c1cn(C2CNC2)nn1. The van der Waals surface area contributed by atoms with Crippen LogP contribution in [0.2, 0.25) is 0 Å². The van der Waals surface area contributed by atoms with Crippen LogP contribution in [0.4, 0.5) is 0 Å². The van der Waals surface area contributed by atoms with Crippen molar-refractivity contribution in [1.29, 1.82) is 0 Å². The van der Waals surface area contributed by atoms with E-state index in [1.165, 1.54) is 6.39 Å². The quantitative estimate of drug-likeness (QED) is 0.695. The van der Waals surface area contributed by atoms with Crippen molar-refractivity contribution in [2.75, 3.05) is 19.6 Å². The highest BCUT2D eigenvalue weighted by Gasteiger charge is 2.21. The zero-order chi connectivity index (χ0) is 13.1. The van der Waals surface area contributed by atoms with Crippen molar-refractivity contribution in [3.63, 3.8) is 0 Å². The summed E-state index contributed by atoms with van der Waals surface area (Å²) in [5, 5.41) is 17.3. The Labute approximate surface area is 108 Å². The highest BCUT2D eigenvalue weighted by atomic mass is 16.5. The molecule has 3 rings (SSSR count). The van der Waals surface area contributed by atoms with Crippen molar-refractivity contribution in [3.05, 3.63) is 24.1 Å². The molecule has 0 aromatic carbocycles. The van der Waals surface area contributed by atoms with Gasteiger partial charge in [-0.25, -0.2) is 4.68 Å². The summed E-state index contributed by atoms with van der Waals surface area (Å²) in [6.45, 7) is 2.15. The van der Waals surface area contributed by atoms with Gasteiger partial charge in [0, 0.05) is 26.1 Å². The van der Waals surface area contributed by atoms with Gasteiger partial charge in [-0.2, -0.15) is 4.98 Å². The number of carbonyl (C=O) groups is 1. The van der Waals surface area contributed by atoms with Crippen molar-refractivity contribution in [1.82, 2.24) is 35.8 Å². The second-order valence-electron chi connectivity index (χ2n) is 4.25. The van der Waals surface area contributed by atoms with E-state index in [1.807, 2.05) is 0 Å². The summed E-state index contributed by atoms with van der Waals surface area (Å²) in [6, 6.07) is 0.299. The topological polar surface area (TPSA) is 111 Å². The molecule has 2 N–H and O–H groups in total. The molecule has 2 aromatic heterocycles. The molecule has 0 saturated carbocycles. The van der Waals surface area contributed by atoms with Crippen LogP contribution in [0.15, 0.2) is 17.1 Å². The van der Waals surface area contributed by atoms with Crippen molar-refractivity contribution in [2.24, 2.45) is 0 Å². The van der Waals surface area contributed by atoms with E-state index in [0.717, 1.165) is 13.1 Å². The molecule has 2 aromatic rings. The molecule has 0 radical (unpaired) electrons. The normalized spacial score (nSPS) is 15.2. The summed E-state index contributed by atoms with van der Waals surface area (Å²) in [6.07, 6.45) is 3.44. The Hall–Kier alpha value is -2.29. The van der Waals surface area contributed by atoms with E-state index in [9.17, 15) is 4.79 Å². The van der Waals surface area contributed by atoms with Gasteiger partial charge < -0.3 is 15.2 Å². The maximum atomic E-state index is 11.8. The maximum Gasteiger partial charge on any atom is 0.273 e. The van der Waals surface area contributed by atoms with Crippen molar-refractivity contribution < 1.29 is 9.32 Å². The minimum atomic E-state index is -0.248. The van der Waals surface area contributed by atoms with Gasteiger partial charge >= 0.3 is 0 Å². The highest BCUT2D eigenvalue weighted by Crippen LogP contribution is 2.09. The van der Waals surface area contributed by atoms with Crippen LogP contribution in [-0.2, 0) is 6.42 Å². The van der Waals surface area contributed by atoms with Crippen LogP contribution in [0, 0.1) is 0 Å². The van der Waals surface area contributed by atoms with E-state index in [4.69, 9.17) is 0 Å². The standard InChI is InChI=1S/C10H13N7O2/c18-10(12-2-1-9-13-6-19-15-9)8-5-17(16-14-8)7-3-11-4-7/h5-7,11H,1-4H2,(H,12,18). The number of rotatable bonds is 5. The molecule has 0 unspecified atom stereocenters. The number of hydrogen-bond acceptors (Lipinski definition) is 7. The number of nitrogens with one attached hydrogen (secondary N) is 2. The average Bonchev–Trinajstić information content (AvgIpc) is 2.97. The van der Waals surface area contributed by atoms with Gasteiger partial charge in [0.2, 0.25) is 6.39 Å². The van der Waals surface area contributed by atoms with Gasteiger partial charge in [0.05, 0.1) is 12.2 Å². The van der Waals surface area contributed by atoms with Crippen LogP contribution in [0.1, 0.15) is 22.4 Å². The van der Waals surface area contributed by atoms with Gasteiger partial charge in [-0.15, -0.1) is 5.10 Å². The molecule has 1 amide bonds. The number of nitrogens with zero attached hydrogens (tertiary/aromatic N) is 5. The molecule has 1 fully saturated rings. The van der Waals surface area contributed by atoms with E-state index in [1.54, 1.807) is 10.9 Å². The molecule has 1 aliphatic heterocycles. The third-order valence-corrected chi connectivity index (χ3v) is 2.92. The number of amides is 1. The molecule has 3 heterocycles. The van der Waals surface area contributed by atoms with Crippen LogP contribution in [0.3, 0.4) is 0 Å². The second-order valence-corrected chi connectivity index (χ2v) is 4.25. The smallest absolute Gasteiger partial charge is 0.273 e. The summed E-state index contributed by atoms with van der Waals surface area (Å²) in [4.78, 5) is 15.7. The summed E-state index contributed by atoms with van der Waals surface area (Å²) < 4.78 is 6.31. The van der Waals surface area contributed by atoms with E-state index in [-0.39, 0.29) is 5.91 Å².